The molecule has 0 spiro atoms. The van der Waals surface area contributed by atoms with E-state index in [0.29, 0.717) is 0 Å². The van der Waals surface area contributed by atoms with Crippen molar-refractivity contribution in [2.45, 2.75) is 6.10 Å². The van der Waals surface area contributed by atoms with Crippen LogP contribution in [0.4, 0.5) is 0 Å². The van der Waals surface area contributed by atoms with E-state index in [0.717, 1.165) is 0 Å². The Morgan fingerprint density at radius 2 is 2.25 bits per heavy atom. The molecule has 8 heavy (non-hydrogen) atoms. The molecule has 0 saturated heterocycles. The molecule has 48 valence electrons. The van der Waals surface area contributed by atoms with E-state index < -0.39 is 12.7 Å². The number of rotatable bonds is 2. The summed E-state index contributed by atoms with van der Waals surface area (Å²) in [6, 6.07) is 0. The van der Waals surface area contributed by atoms with E-state index in [9.17, 15) is 0 Å². The van der Waals surface area contributed by atoms with Gasteiger partial charge in [-0.05, 0) is 0 Å². The van der Waals surface area contributed by atoms with Crippen LogP contribution in [0.2, 0.25) is 0 Å². The van der Waals surface area contributed by atoms with Crippen molar-refractivity contribution in [2.75, 3.05) is 6.61 Å². The minimum atomic E-state index is -1.25. The first-order valence-electron chi connectivity index (χ1n) is 1.98. The summed E-state index contributed by atoms with van der Waals surface area (Å²) >= 11 is 0. The van der Waals surface area contributed by atoms with E-state index in [4.69, 9.17) is 21.2 Å². The highest BCUT2D eigenvalue weighted by Crippen LogP contribution is 1.77. The minimum Gasteiger partial charge on any atom is -0.409 e. The average Bonchev–Trinajstić information content (AvgIpc) is 1.84. The van der Waals surface area contributed by atoms with Crippen molar-refractivity contribution in [1.82, 2.24) is 0 Å². The largest absolute Gasteiger partial charge is 0.409 e. The Kier molecular flexibility index (Phi) is 2.90. The molecule has 0 radical (unpaired) electrons. The standard InChI is InChI=1S/C3H8N2O3/c4-3(5-8)2(7)1-6/h2,6-8H,1H2,(H2,4,5). The van der Waals surface area contributed by atoms with Crippen LogP contribution in [0.5, 0.6) is 0 Å². The molecule has 0 aliphatic carbocycles. The average molecular weight is 120 g/mol. The summed E-state index contributed by atoms with van der Waals surface area (Å²) in [7, 11) is 0. The van der Waals surface area contributed by atoms with E-state index >= 15 is 0 Å². The summed E-state index contributed by atoms with van der Waals surface area (Å²) in [6.45, 7) is -0.532. The van der Waals surface area contributed by atoms with Crippen LogP contribution in [-0.4, -0.2) is 34.0 Å². The van der Waals surface area contributed by atoms with Gasteiger partial charge in [-0.15, -0.1) is 0 Å². The predicted molar refractivity (Wildman–Crippen MR) is 26.5 cm³/mol. The second-order valence-electron chi connectivity index (χ2n) is 1.22. The summed E-state index contributed by atoms with van der Waals surface area (Å²) in [6.07, 6.45) is -1.25. The van der Waals surface area contributed by atoms with Crippen molar-refractivity contribution >= 4 is 5.84 Å². The molecule has 0 aromatic carbocycles. The Morgan fingerprint density at radius 3 is 2.38 bits per heavy atom. The van der Waals surface area contributed by atoms with Gasteiger partial charge in [-0.1, -0.05) is 5.16 Å². The van der Waals surface area contributed by atoms with Crippen LogP contribution in [0.3, 0.4) is 0 Å². The summed E-state index contributed by atoms with van der Waals surface area (Å²) in [5, 5.41) is 26.8. The zero-order valence-corrected chi connectivity index (χ0v) is 4.15. The molecule has 0 aliphatic rings. The van der Waals surface area contributed by atoms with E-state index in [2.05, 4.69) is 5.16 Å². The van der Waals surface area contributed by atoms with E-state index in [1.807, 2.05) is 0 Å². The van der Waals surface area contributed by atoms with Gasteiger partial charge in [0.05, 0.1) is 6.61 Å². The fourth-order valence-corrected chi connectivity index (χ4v) is 0.160. The van der Waals surface area contributed by atoms with E-state index in [1.165, 1.54) is 0 Å². The Bertz CT molecular complexity index is 92.5. The van der Waals surface area contributed by atoms with Crippen LogP contribution in [0.1, 0.15) is 0 Å². The normalized spacial score (nSPS) is 16.0. The number of nitrogens with zero attached hydrogens (tertiary/aromatic N) is 1. The van der Waals surface area contributed by atoms with Gasteiger partial charge in [-0.3, -0.25) is 0 Å². The molecular weight excluding hydrogens is 112 g/mol. The van der Waals surface area contributed by atoms with Gasteiger partial charge in [-0.25, -0.2) is 0 Å². The zero-order chi connectivity index (χ0) is 6.57. The van der Waals surface area contributed by atoms with Gasteiger partial charge in [0.2, 0.25) is 0 Å². The molecule has 5 N–H and O–H groups in total. The van der Waals surface area contributed by atoms with E-state index in [1.54, 1.807) is 0 Å². The molecule has 1 unspecified atom stereocenters. The van der Waals surface area contributed by atoms with Crippen LogP contribution in [0.15, 0.2) is 5.16 Å². The molecule has 5 nitrogen and oxygen atoms in total. The number of amidine groups is 1. The third-order valence-corrected chi connectivity index (χ3v) is 0.630. The van der Waals surface area contributed by atoms with Crippen molar-refractivity contribution in [2.24, 2.45) is 10.9 Å². The Labute approximate surface area is 46.0 Å². The molecule has 0 heterocycles. The number of oxime groups is 1. The molecule has 0 aromatic rings. The van der Waals surface area contributed by atoms with Crippen molar-refractivity contribution in [1.29, 1.82) is 0 Å². The highest BCUT2D eigenvalue weighted by atomic mass is 16.4. The smallest absolute Gasteiger partial charge is 0.170 e. The highest BCUT2D eigenvalue weighted by molar-refractivity contribution is 5.84. The molecular formula is C3H8N2O3. The molecule has 0 aromatic heterocycles. The molecule has 0 aliphatic heterocycles. The lowest BCUT2D eigenvalue weighted by Gasteiger charge is -2.01. The summed E-state index contributed by atoms with van der Waals surface area (Å²) in [5.74, 6) is -0.382. The van der Waals surface area contributed by atoms with E-state index in [-0.39, 0.29) is 5.84 Å². The minimum absolute atomic E-state index is 0.382. The lowest BCUT2D eigenvalue weighted by atomic mass is 10.4. The zero-order valence-electron chi connectivity index (χ0n) is 4.15. The van der Waals surface area contributed by atoms with Gasteiger partial charge < -0.3 is 21.2 Å². The number of aliphatic hydroxyl groups excluding tert-OH is 2. The van der Waals surface area contributed by atoms with Gasteiger partial charge in [0.15, 0.2) is 5.84 Å². The number of aliphatic hydroxyl groups is 2. The molecule has 0 amide bonds. The quantitative estimate of drug-likeness (QED) is 0.148. The molecule has 5 heteroatoms. The van der Waals surface area contributed by atoms with Gasteiger partial charge in [-0.2, -0.15) is 0 Å². The Balaban J connectivity index is 3.63. The van der Waals surface area contributed by atoms with Gasteiger partial charge in [0.1, 0.15) is 6.10 Å². The van der Waals surface area contributed by atoms with Crippen molar-refractivity contribution < 1.29 is 15.4 Å². The van der Waals surface area contributed by atoms with Crippen molar-refractivity contribution in [3.05, 3.63) is 0 Å². The first kappa shape index (κ1) is 7.19. The predicted octanol–water partition coefficient (Wildman–Crippen LogP) is -1.91. The maximum absolute atomic E-state index is 8.46. The van der Waals surface area contributed by atoms with Crippen LogP contribution >= 0.6 is 0 Å². The summed E-state index contributed by atoms with van der Waals surface area (Å²) < 4.78 is 0. The molecule has 0 bridgehead atoms. The van der Waals surface area contributed by atoms with Crippen molar-refractivity contribution in [3.63, 3.8) is 0 Å². The number of nitrogens with two attached hydrogens (primary N) is 1. The summed E-state index contributed by atoms with van der Waals surface area (Å²) in [5.41, 5.74) is 4.82. The SMILES string of the molecule is N/C(=N\O)C(O)CO. The van der Waals surface area contributed by atoms with Crippen LogP contribution in [-0.2, 0) is 0 Å². The maximum atomic E-state index is 8.46. The first-order chi connectivity index (χ1) is 3.72. The van der Waals surface area contributed by atoms with Crippen LogP contribution < -0.4 is 5.73 Å². The third kappa shape index (κ3) is 1.76. The molecule has 0 saturated carbocycles. The second kappa shape index (κ2) is 3.23. The topological polar surface area (TPSA) is 99.1 Å². The second-order valence-corrected chi connectivity index (χ2v) is 1.22. The summed E-state index contributed by atoms with van der Waals surface area (Å²) in [4.78, 5) is 0. The van der Waals surface area contributed by atoms with Crippen LogP contribution in [0.25, 0.3) is 0 Å². The lowest BCUT2D eigenvalue weighted by molar-refractivity contribution is 0.140. The number of hydrogen-bond acceptors (Lipinski definition) is 4. The van der Waals surface area contributed by atoms with Crippen molar-refractivity contribution in [3.8, 4) is 0 Å². The monoisotopic (exact) mass is 120 g/mol. The molecule has 1 atom stereocenters. The maximum Gasteiger partial charge on any atom is 0.170 e. The first-order valence-corrected chi connectivity index (χ1v) is 1.98. The molecule has 0 fully saturated rings. The van der Waals surface area contributed by atoms with Gasteiger partial charge in [0.25, 0.3) is 0 Å². The third-order valence-electron chi connectivity index (χ3n) is 0.630. The number of hydrogen-bond donors (Lipinski definition) is 4. The fraction of sp³-hybridized carbons (Fsp3) is 0.667. The highest BCUT2D eigenvalue weighted by Gasteiger charge is 2.05. The lowest BCUT2D eigenvalue weighted by Crippen LogP contribution is -2.31. The molecule has 0 rings (SSSR count). The van der Waals surface area contributed by atoms with Gasteiger partial charge in [0, 0.05) is 0 Å². The van der Waals surface area contributed by atoms with Gasteiger partial charge >= 0.3 is 0 Å². The fourth-order valence-electron chi connectivity index (χ4n) is 0.160. The van der Waals surface area contributed by atoms with Crippen LogP contribution in [0, 0.1) is 0 Å². The Hall–Kier alpha value is -0.810. The Morgan fingerprint density at radius 1 is 1.75 bits per heavy atom.